The molecule has 1 aliphatic rings. The summed E-state index contributed by atoms with van der Waals surface area (Å²) in [6, 6.07) is 13.6. The molecule has 7 heteroatoms. The number of benzene rings is 1. The van der Waals surface area contributed by atoms with Crippen LogP contribution in [0.25, 0.3) is 10.3 Å². The van der Waals surface area contributed by atoms with Gasteiger partial charge in [0.05, 0.1) is 10.3 Å². The van der Waals surface area contributed by atoms with Crippen molar-refractivity contribution in [2.24, 2.45) is 0 Å². The number of hydrogen-bond acceptors (Lipinski definition) is 6. The van der Waals surface area contributed by atoms with Crippen molar-refractivity contribution in [1.82, 2.24) is 15.3 Å². The van der Waals surface area contributed by atoms with Gasteiger partial charge in [0.1, 0.15) is 12.1 Å². The second-order valence-electron chi connectivity index (χ2n) is 6.21. The molecule has 0 radical (unpaired) electrons. The molecule has 0 spiro atoms. The highest BCUT2D eigenvalue weighted by atomic mass is 32.1. The molecule has 3 heterocycles. The first-order valence-electron chi connectivity index (χ1n) is 8.49. The van der Waals surface area contributed by atoms with Gasteiger partial charge in [-0.15, -0.1) is 0 Å². The monoisotopic (exact) mass is 363 g/mol. The summed E-state index contributed by atoms with van der Waals surface area (Å²) in [4.78, 5) is 23.5. The number of aromatic nitrogens is 2. The van der Waals surface area contributed by atoms with Gasteiger partial charge >= 0.3 is 0 Å². The maximum Gasteiger partial charge on any atom is 0.243 e. The standard InChI is InChI=1S/C19H17N5OS/c20-10-14-9-16-17(21-12-14)23-19(26-16)24-8-4-7-15(24)18(25)22-11-13-5-2-1-3-6-13/h1-3,5-6,9,12,15H,4,7-8,11H2,(H,22,25)/t15-/m1/s1. The number of nitrogens with zero attached hydrogens (tertiary/aromatic N) is 4. The van der Waals surface area contributed by atoms with Crippen molar-refractivity contribution in [3.63, 3.8) is 0 Å². The zero-order chi connectivity index (χ0) is 17.9. The van der Waals surface area contributed by atoms with Crippen molar-refractivity contribution in [1.29, 1.82) is 5.26 Å². The van der Waals surface area contributed by atoms with Crippen LogP contribution in [0.3, 0.4) is 0 Å². The van der Waals surface area contributed by atoms with Gasteiger partial charge in [0.25, 0.3) is 0 Å². The van der Waals surface area contributed by atoms with Gasteiger partial charge in [-0.1, -0.05) is 41.7 Å². The summed E-state index contributed by atoms with van der Waals surface area (Å²) in [6.45, 7) is 1.32. The van der Waals surface area contributed by atoms with Gasteiger partial charge in [0, 0.05) is 19.3 Å². The number of pyridine rings is 1. The van der Waals surface area contributed by atoms with E-state index in [0.717, 1.165) is 34.8 Å². The first-order valence-corrected chi connectivity index (χ1v) is 9.31. The quantitative estimate of drug-likeness (QED) is 0.771. The Labute approximate surface area is 155 Å². The average molecular weight is 363 g/mol. The molecule has 4 rings (SSSR count). The van der Waals surface area contributed by atoms with Gasteiger partial charge < -0.3 is 10.2 Å². The molecule has 1 amide bonds. The first-order chi connectivity index (χ1) is 12.7. The number of nitriles is 1. The van der Waals surface area contributed by atoms with Crippen molar-refractivity contribution >= 4 is 32.7 Å². The van der Waals surface area contributed by atoms with E-state index in [1.165, 1.54) is 17.5 Å². The molecule has 2 aromatic heterocycles. The van der Waals surface area contributed by atoms with Crippen LogP contribution >= 0.6 is 11.3 Å². The third-order valence-corrected chi connectivity index (χ3v) is 5.50. The molecule has 0 bridgehead atoms. The Kier molecular flexibility index (Phi) is 4.50. The van der Waals surface area contributed by atoms with Gasteiger partial charge in [0.15, 0.2) is 10.8 Å². The molecule has 0 saturated carbocycles. The Morgan fingerprint density at radius 1 is 1.38 bits per heavy atom. The van der Waals surface area contributed by atoms with E-state index in [1.54, 1.807) is 6.07 Å². The lowest BCUT2D eigenvalue weighted by atomic mass is 10.2. The van der Waals surface area contributed by atoms with E-state index < -0.39 is 0 Å². The summed E-state index contributed by atoms with van der Waals surface area (Å²) >= 11 is 1.48. The van der Waals surface area contributed by atoms with E-state index in [2.05, 4.69) is 26.3 Å². The molecule has 26 heavy (non-hydrogen) atoms. The van der Waals surface area contributed by atoms with E-state index in [0.29, 0.717) is 17.8 Å². The number of hydrogen-bond donors (Lipinski definition) is 1. The smallest absolute Gasteiger partial charge is 0.243 e. The Morgan fingerprint density at radius 3 is 3.04 bits per heavy atom. The maximum atomic E-state index is 12.7. The summed E-state index contributed by atoms with van der Waals surface area (Å²) in [5, 5.41) is 12.8. The predicted molar refractivity (Wildman–Crippen MR) is 101 cm³/mol. The van der Waals surface area contributed by atoms with Crippen LogP contribution in [0, 0.1) is 11.3 Å². The summed E-state index contributed by atoms with van der Waals surface area (Å²) in [5.74, 6) is 0.0243. The molecule has 1 fully saturated rings. The number of carbonyl (C=O) groups is 1. The number of amides is 1. The lowest BCUT2D eigenvalue weighted by molar-refractivity contribution is -0.122. The molecule has 1 atom stereocenters. The van der Waals surface area contributed by atoms with E-state index in [1.807, 2.05) is 30.3 Å². The molecule has 1 saturated heterocycles. The summed E-state index contributed by atoms with van der Waals surface area (Å²) in [5.41, 5.74) is 2.23. The van der Waals surface area contributed by atoms with Crippen LogP contribution in [0.5, 0.6) is 0 Å². The second kappa shape index (κ2) is 7.10. The van der Waals surface area contributed by atoms with Crippen LogP contribution < -0.4 is 10.2 Å². The van der Waals surface area contributed by atoms with Crippen LogP contribution in [0.4, 0.5) is 5.13 Å². The summed E-state index contributed by atoms with van der Waals surface area (Å²) in [7, 11) is 0. The van der Waals surface area contributed by atoms with Crippen LogP contribution in [-0.4, -0.2) is 28.5 Å². The number of nitrogens with one attached hydrogen (secondary N) is 1. The third-order valence-electron chi connectivity index (χ3n) is 4.48. The van der Waals surface area contributed by atoms with Crippen molar-refractivity contribution in [2.75, 3.05) is 11.4 Å². The zero-order valence-electron chi connectivity index (χ0n) is 14.1. The van der Waals surface area contributed by atoms with Crippen LogP contribution in [0.15, 0.2) is 42.6 Å². The van der Waals surface area contributed by atoms with Crippen molar-refractivity contribution in [2.45, 2.75) is 25.4 Å². The molecule has 1 aliphatic heterocycles. The minimum Gasteiger partial charge on any atom is -0.350 e. The molecule has 0 unspecified atom stereocenters. The third kappa shape index (κ3) is 3.24. The lowest BCUT2D eigenvalue weighted by Gasteiger charge is -2.23. The Morgan fingerprint density at radius 2 is 2.23 bits per heavy atom. The van der Waals surface area contributed by atoms with E-state index in [4.69, 9.17) is 5.26 Å². The molecular formula is C19H17N5OS. The van der Waals surface area contributed by atoms with Crippen LogP contribution in [0.1, 0.15) is 24.0 Å². The minimum atomic E-state index is -0.213. The minimum absolute atomic E-state index is 0.0243. The topological polar surface area (TPSA) is 81.9 Å². The highest BCUT2D eigenvalue weighted by molar-refractivity contribution is 7.22. The fraction of sp³-hybridized carbons (Fsp3) is 0.263. The number of fused-ring (bicyclic) bond motifs is 1. The largest absolute Gasteiger partial charge is 0.350 e. The van der Waals surface area contributed by atoms with Crippen molar-refractivity contribution in [3.05, 3.63) is 53.7 Å². The van der Waals surface area contributed by atoms with Gasteiger partial charge in [-0.2, -0.15) is 10.2 Å². The van der Waals surface area contributed by atoms with Gasteiger partial charge in [-0.25, -0.2) is 4.98 Å². The fourth-order valence-corrected chi connectivity index (χ4v) is 4.20. The average Bonchev–Trinajstić information content (AvgIpc) is 3.32. The molecular weight excluding hydrogens is 346 g/mol. The first kappa shape index (κ1) is 16.5. The van der Waals surface area contributed by atoms with E-state index in [9.17, 15) is 4.79 Å². The highest BCUT2D eigenvalue weighted by Crippen LogP contribution is 2.33. The van der Waals surface area contributed by atoms with Gasteiger partial charge in [-0.05, 0) is 24.5 Å². The number of carbonyl (C=O) groups excluding carboxylic acids is 1. The summed E-state index contributed by atoms with van der Waals surface area (Å²) < 4.78 is 0.870. The SMILES string of the molecule is N#Cc1cnc2nc(N3CCC[C@@H]3C(=O)NCc3ccccc3)sc2c1. The zero-order valence-corrected chi connectivity index (χ0v) is 14.9. The number of rotatable bonds is 4. The molecule has 0 aliphatic carbocycles. The lowest BCUT2D eigenvalue weighted by Crippen LogP contribution is -2.43. The fourth-order valence-electron chi connectivity index (χ4n) is 3.16. The molecule has 3 aromatic rings. The predicted octanol–water partition coefficient (Wildman–Crippen LogP) is 2.85. The van der Waals surface area contributed by atoms with Gasteiger partial charge in [-0.3, -0.25) is 4.79 Å². The number of thiazole rings is 1. The van der Waals surface area contributed by atoms with Crippen LogP contribution in [-0.2, 0) is 11.3 Å². The highest BCUT2D eigenvalue weighted by Gasteiger charge is 2.32. The normalized spacial score (nSPS) is 16.6. The van der Waals surface area contributed by atoms with Crippen molar-refractivity contribution < 1.29 is 4.79 Å². The molecule has 1 N–H and O–H groups in total. The van der Waals surface area contributed by atoms with Gasteiger partial charge in [0.2, 0.25) is 5.91 Å². The molecule has 1 aromatic carbocycles. The summed E-state index contributed by atoms with van der Waals surface area (Å²) in [6.07, 6.45) is 3.30. The number of anilines is 1. The Balaban J connectivity index is 1.51. The molecule has 6 nitrogen and oxygen atoms in total. The second-order valence-corrected chi connectivity index (χ2v) is 7.22. The Hall–Kier alpha value is -2.98. The van der Waals surface area contributed by atoms with Crippen molar-refractivity contribution in [3.8, 4) is 6.07 Å². The van der Waals surface area contributed by atoms with E-state index >= 15 is 0 Å². The van der Waals surface area contributed by atoms with Crippen LogP contribution in [0.2, 0.25) is 0 Å². The van der Waals surface area contributed by atoms with E-state index in [-0.39, 0.29) is 11.9 Å². The Bertz CT molecular complexity index is 979. The maximum absolute atomic E-state index is 12.7. The molecule has 130 valence electrons.